The highest BCUT2D eigenvalue weighted by molar-refractivity contribution is 14.1. The van der Waals surface area contributed by atoms with Crippen LogP contribution in [0.5, 0.6) is 0 Å². The number of hydrogen-bond acceptors (Lipinski definition) is 4. The van der Waals surface area contributed by atoms with Crippen LogP contribution < -0.4 is 0 Å². The summed E-state index contributed by atoms with van der Waals surface area (Å²) in [7, 11) is 2.43. The van der Waals surface area contributed by atoms with Gasteiger partial charge in [-0.15, -0.1) is 0 Å². The van der Waals surface area contributed by atoms with E-state index >= 15 is 0 Å². The lowest BCUT2D eigenvalue weighted by atomic mass is 10.1. The van der Waals surface area contributed by atoms with E-state index in [0.29, 0.717) is 0 Å². The molecule has 1 aromatic rings. The summed E-state index contributed by atoms with van der Waals surface area (Å²) in [5, 5.41) is 0. The number of esters is 2. The molecule has 0 saturated heterocycles. The number of rotatable bonds is 3. The zero-order chi connectivity index (χ0) is 12.8. The first-order valence-electron chi connectivity index (χ1n) is 4.72. The van der Waals surface area contributed by atoms with Crippen molar-refractivity contribution in [1.82, 2.24) is 0 Å². The molecule has 1 aromatic carbocycles. The lowest BCUT2D eigenvalue weighted by Crippen LogP contribution is -2.15. The Kier molecular flexibility index (Phi) is 5.14. The first-order valence-corrected chi connectivity index (χ1v) is 5.80. The highest BCUT2D eigenvalue weighted by Crippen LogP contribution is 2.12. The maximum atomic E-state index is 11.4. The summed E-state index contributed by atoms with van der Waals surface area (Å²) in [6.45, 7) is 0. The van der Waals surface area contributed by atoms with Crippen molar-refractivity contribution in [3.05, 3.63) is 39.0 Å². The molecule has 0 aromatic heterocycles. The van der Waals surface area contributed by atoms with E-state index in [1.54, 1.807) is 12.1 Å². The Morgan fingerprint density at radius 2 is 1.53 bits per heavy atom. The Balaban J connectivity index is 3.09. The van der Waals surface area contributed by atoms with Gasteiger partial charge in [0.1, 0.15) is 5.57 Å². The third kappa shape index (κ3) is 3.85. The third-order valence-corrected chi connectivity index (χ3v) is 2.71. The zero-order valence-electron chi connectivity index (χ0n) is 9.40. The minimum Gasteiger partial charge on any atom is -0.465 e. The minimum absolute atomic E-state index is 0.129. The third-order valence-electron chi connectivity index (χ3n) is 1.99. The summed E-state index contributed by atoms with van der Waals surface area (Å²) in [4.78, 5) is 22.8. The van der Waals surface area contributed by atoms with Crippen molar-refractivity contribution in [2.75, 3.05) is 14.2 Å². The predicted molar refractivity (Wildman–Crippen MR) is 71.2 cm³/mol. The molecule has 4 nitrogen and oxygen atoms in total. The van der Waals surface area contributed by atoms with Crippen LogP contribution in [0.2, 0.25) is 0 Å². The fraction of sp³-hybridized carbons (Fsp3) is 0.167. The molecule has 0 amide bonds. The molecule has 0 aliphatic heterocycles. The van der Waals surface area contributed by atoms with Gasteiger partial charge in [0.2, 0.25) is 0 Å². The van der Waals surface area contributed by atoms with Gasteiger partial charge in [-0.3, -0.25) is 0 Å². The van der Waals surface area contributed by atoms with Crippen molar-refractivity contribution in [1.29, 1.82) is 0 Å². The van der Waals surface area contributed by atoms with Crippen LogP contribution in [-0.4, -0.2) is 26.2 Å². The number of carbonyl (C=O) groups is 2. The van der Waals surface area contributed by atoms with Crippen LogP contribution in [-0.2, 0) is 19.1 Å². The van der Waals surface area contributed by atoms with Gasteiger partial charge in [-0.1, -0.05) is 12.1 Å². The second-order valence-electron chi connectivity index (χ2n) is 3.09. The molecule has 0 fully saturated rings. The zero-order valence-corrected chi connectivity index (χ0v) is 11.6. The van der Waals surface area contributed by atoms with Gasteiger partial charge in [-0.05, 0) is 46.4 Å². The quantitative estimate of drug-likeness (QED) is 0.276. The van der Waals surface area contributed by atoms with E-state index in [0.717, 1.165) is 9.13 Å². The van der Waals surface area contributed by atoms with E-state index in [1.807, 2.05) is 12.1 Å². The van der Waals surface area contributed by atoms with Gasteiger partial charge >= 0.3 is 11.9 Å². The number of carbonyl (C=O) groups excluding carboxylic acids is 2. The summed E-state index contributed by atoms with van der Waals surface area (Å²) in [5.41, 5.74) is 0.604. The van der Waals surface area contributed by atoms with E-state index in [4.69, 9.17) is 0 Å². The number of ether oxygens (including phenoxy) is 2. The molecule has 0 atom stereocenters. The first kappa shape index (κ1) is 13.7. The number of methoxy groups -OCH3 is 2. The molecule has 17 heavy (non-hydrogen) atoms. The Morgan fingerprint density at radius 3 is 1.94 bits per heavy atom. The van der Waals surface area contributed by atoms with Crippen molar-refractivity contribution < 1.29 is 19.1 Å². The lowest BCUT2D eigenvalue weighted by Gasteiger charge is -2.03. The van der Waals surface area contributed by atoms with Crippen LogP contribution >= 0.6 is 22.6 Å². The van der Waals surface area contributed by atoms with E-state index in [2.05, 4.69) is 32.1 Å². The van der Waals surface area contributed by atoms with Crippen LogP contribution in [0.4, 0.5) is 0 Å². The lowest BCUT2D eigenvalue weighted by molar-refractivity contribution is -0.143. The van der Waals surface area contributed by atoms with Crippen molar-refractivity contribution in [2.24, 2.45) is 0 Å². The van der Waals surface area contributed by atoms with Crippen molar-refractivity contribution in [3.8, 4) is 0 Å². The van der Waals surface area contributed by atoms with Crippen LogP contribution in [0.25, 0.3) is 6.08 Å². The van der Waals surface area contributed by atoms with Gasteiger partial charge in [0.25, 0.3) is 0 Å². The molecule has 1 rings (SSSR count). The number of halogens is 1. The molecule has 0 spiro atoms. The first-order chi connectivity index (χ1) is 8.08. The minimum atomic E-state index is -0.713. The van der Waals surface area contributed by atoms with Crippen LogP contribution in [0.15, 0.2) is 29.8 Å². The highest BCUT2D eigenvalue weighted by Gasteiger charge is 2.19. The molecule has 0 saturated carbocycles. The van der Waals surface area contributed by atoms with Crippen LogP contribution in [0, 0.1) is 3.57 Å². The molecule has 0 heterocycles. The largest absolute Gasteiger partial charge is 0.465 e. The Bertz CT molecular complexity index is 430. The summed E-state index contributed by atoms with van der Waals surface area (Å²) in [5.74, 6) is -1.43. The molecular weight excluding hydrogens is 335 g/mol. The van der Waals surface area contributed by atoms with Gasteiger partial charge in [0.05, 0.1) is 14.2 Å². The molecule has 0 aliphatic carbocycles. The average Bonchev–Trinajstić information content (AvgIpc) is 2.36. The maximum absolute atomic E-state index is 11.4. The molecule has 0 unspecified atom stereocenters. The molecule has 0 radical (unpaired) electrons. The fourth-order valence-corrected chi connectivity index (χ4v) is 1.51. The second kappa shape index (κ2) is 6.39. The van der Waals surface area contributed by atoms with Crippen molar-refractivity contribution >= 4 is 40.6 Å². The van der Waals surface area contributed by atoms with Crippen molar-refractivity contribution in [3.63, 3.8) is 0 Å². The smallest absolute Gasteiger partial charge is 0.345 e. The predicted octanol–water partition coefficient (Wildman–Crippen LogP) is 2.02. The molecule has 0 aliphatic rings. The summed E-state index contributed by atoms with van der Waals surface area (Å²) < 4.78 is 10.1. The summed E-state index contributed by atoms with van der Waals surface area (Å²) in [6, 6.07) is 7.35. The Hall–Kier alpha value is -1.37. The van der Waals surface area contributed by atoms with Gasteiger partial charge in [-0.2, -0.15) is 0 Å². The summed E-state index contributed by atoms with van der Waals surface area (Å²) in [6.07, 6.45) is 1.44. The van der Waals surface area contributed by atoms with E-state index in [-0.39, 0.29) is 5.57 Å². The second-order valence-corrected chi connectivity index (χ2v) is 4.34. The fourth-order valence-electron chi connectivity index (χ4n) is 1.15. The van der Waals surface area contributed by atoms with Crippen LogP contribution in [0.1, 0.15) is 5.56 Å². The van der Waals surface area contributed by atoms with Gasteiger partial charge in [0.15, 0.2) is 0 Å². The molecule has 5 heteroatoms. The van der Waals surface area contributed by atoms with E-state index < -0.39 is 11.9 Å². The standard InChI is InChI=1S/C12H11IO4/c1-16-11(14)10(12(15)17-2)7-8-3-5-9(13)6-4-8/h3-7H,1-2H3. The molecule has 90 valence electrons. The van der Waals surface area contributed by atoms with E-state index in [9.17, 15) is 9.59 Å². The van der Waals surface area contributed by atoms with Gasteiger partial charge < -0.3 is 9.47 Å². The summed E-state index contributed by atoms with van der Waals surface area (Å²) >= 11 is 2.17. The number of hydrogen-bond donors (Lipinski definition) is 0. The highest BCUT2D eigenvalue weighted by atomic mass is 127. The monoisotopic (exact) mass is 346 g/mol. The van der Waals surface area contributed by atoms with Gasteiger partial charge in [-0.25, -0.2) is 9.59 Å². The van der Waals surface area contributed by atoms with Crippen LogP contribution in [0.3, 0.4) is 0 Å². The maximum Gasteiger partial charge on any atom is 0.345 e. The van der Waals surface area contributed by atoms with Gasteiger partial charge in [0, 0.05) is 3.57 Å². The average molecular weight is 346 g/mol. The molecule has 0 N–H and O–H groups in total. The number of benzene rings is 1. The van der Waals surface area contributed by atoms with E-state index in [1.165, 1.54) is 20.3 Å². The normalized spacial score (nSPS) is 9.35. The molecular formula is C12H11IO4. The molecule has 0 bridgehead atoms. The SMILES string of the molecule is COC(=O)C(=Cc1ccc(I)cc1)C(=O)OC. The Labute approximate surface area is 113 Å². The topological polar surface area (TPSA) is 52.6 Å². The Morgan fingerprint density at radius 1 is 1.06 bits per heavy atom. The van der Waals surface area contributed by atoms with Crippen molar-refractivity contribution in [2.45, 2.75) is 0 Å².